The van der Waals surface area contributed by atoms with Crippen molar-refractivity contribution in [2.45, 2.75) is 12.8 Å². The maximum Gasteiger partial charge on any atom is 0.0533 e. The zero-order valence-corrected chi connectivity index (χ0v) is 29.9. The topological polar surface area (TPSA) is 3.24 Å². The Morgan fingerprint density at radius 2 is 1.17 bits per heavy atom. The second-order valence-electron chi connectivity index (χ2n) is 13.6. The molecule has 1 heteroatoms. The average Bonchev–Trinajstić information content (AvgIpc) is 3.22. The van der Waals surface area contributed by atoms with Crippen LogP contribution in [0.15, 0.2) is 213 Å². The third-order valence-electron chi connectivity index (χ3n) is 10.3. The number of hydrogen-bond acceptors (Lipinski definition) is 1. The van der Waals surface area contributed by atoms with Crippen LogP contribution in [-0.4, -0.2) is 0 Å². The largest absolute Gasteiger partial charge is 0.310 e. The van der Waals surface area contributed by atoms with Crippen molar-refractivity contribution in [3.8, 4) is 11.1 Å². The molecule has 53 heavy (non-hydrogen) atoms. The van der Waals surface area contributed by atoms with E-state index in [4.69, 9.17) is 0 Å². The number of anilines is 2. The Labute approximate surface area is 312 Å². The van der Waals surface area contributed by atoms with Crippen LogP contribution in [0.4, 0.5) is 11.4 Å². The Bertz CT molecular complexity index is 2690. The summed E-state index contributed by atoms with van der Waals surface area (Å²) in [6.07, 6.45) is 13.8. The van der Waals surface area contributed by atoms with Crippen LogP contribution in [0, 0.1) is 0 Å². The van der Waals surface area contributed by atoms with Gasteiger partial charge in [0.25, 0.3) is 0 Å². The minimum Gasteiger partial charge on any atom is -0.310 e. The van der Waals surface area contributed by atoms with Crippen LogP contribution < -0.4 is 4.90 Å². The van der Waals surface area contributed by atoms with E-state index >= 15 is 0 Å². The lowest BCUT2D eigenvalue weighted by Crippen LogP contribution is -2.18. The smallest absolute Gasteiger partial charge is 0.0533 e. The molecule has 0 amide bonds. The first-order chi connectivity index (χ1) is 26.0. The first-order valence-electron chi connectivity index (χ1n) is 18.2. The maximum atomic E-state index is 4.55. The molecule has 0 saturated carbocycles. The minimum absolute atomic E-state index is 0.799. The molecular weight excluding hydrogens is 639 g/mol. The van der Waals surface area contributed by atoms with E-state index in [9.17, 15) is 0 Å². The number of fused-ring (bicyclic) bond motifs is 6. The maximum absolute atomic E-state index is 4.55. The average molecular weight is 680 g/mol. The standard InChI is InChI=1S/C52H41N/c1-5-7-15-36(3)37(4)52(14-6-2)53(46-20-12-18-42(32-46)44-30-28-40-26-24-38-16-8-10-22-48(38)50(40)34-44)47-21-13-19-43(33-47)45-31-29-41-27-25-39-17-9-11-23-49(39)51(41)35-45/h5-28,30,32-35H,1-4,29,31H2/b15-7-,52-14+. The van der Waals surface area contributed by atoms with E-state index in [0.29, 0.717) is 0 Å². The van der Waals surface area contributed by atoms with Gasteiger partial charge >= 0.3 is 0 Å². The molecule has 0 unspecified atom stereocenters. The van der Waals surface area contributed by atoms with Gasteiger partial charge in [0, 0.05) is 11.4 Å². The summed E-state index contributed by atoms with van der Waals surface area (Å²) < 4.78 is 0. The van der Waals surface area contributed by atoms with Gasteiger partial charge in [0.05, 0.1) is 5.70 Å². The zero-order valence-electron chi connectivity index (χ0n) is 29.9. The van der Waals surface area contributed by atoms with Crippen molar-refractivity contribution in [3.63, 3.8) is 0 Å². The fourth-order valence-corrected chi connectivity index (χ4v) is 7.62. The van der Waals surface area contributed by atoms with Gasteiger partial charge in [0.1, 0.15) is 0 Å². The highest BCUT2D eigenvalue weighted by Gasteiger charge is 2.21. The first-order valence-corrected chi connectivity index (χ1v) is 18.2. The molecule has 0 radical (unpaired) electrons. The first kappa shape index (κ1) is 33.4. The van der Waals surface area contributed by atoms with Gasteiger partial charge in [-0.15, -0.1) is 0 Å². The molecule has 8 rings (SSSR count). The van der Waals surface area contributed by atoms with Crippen LogP contribution in [-0.2, 0) is 6.42 Å². The van der Waals surface area contributed by atoms with Crippen LogP contribution in [0.3, 0.4) is 0 Å². The fourth-order valence-electron chi connectivity index (χ4n) is 7.62. The van der Waals surface area contributed by atoms with Crippen molar-refractivity contribution < 1.29 is 0 Å². The lowest BCUT2D eigenvalue weighted by Gasteiger charge is -2.30. The molecule has 1 nitrogen and oxygen atoms in total. The number of hydrogen-bond donors (Lipinski definition) is 0. The molecule has 0 fully saturated rings. The number of rotatable bonds is 10. The summed E-state index contributed by atoms with van der Waals surface area (Å²) in [7, 11) is 0. The third-order valence-corrected chi connectivity index (χ3v) is 10.3. The Morgan fingerprint density at radius 1 is 0.547 bits per heavy atom. The second kappa shape index (κ2) is 14.5. The molecule has 254 valence electrons. The van der Waals surface area contributed by atoms with Gasteiger partial charge in [-0.2, -0.15) is 0 Å². The highest BCUT2D eigenvalue weighted by molar-refractivity contribution is 6.08. The molecule has 7 aromatic carbocycles. The molecule has 0 aliphatic heterocycles. The predicted molar refractivity (Wildman–Crippen MR) is 232 cm³/mol. The van der Waals surface area contributed by atoms with Crippen molar-refractivity contribution in [1.29, 1.82) is 0 Å². The minimum atomic E-state index is 0.799. The van der Waals surface area contributed by atoms with Crippen molar-refractivity contribution in [2.75, 3.05) is 4.90 Å². The Hall–Kier alpha value is -6.70. The molecular formula is C52H41N. The molecule has 0 atom stereocenters. The fraction of sp³-hybridized carbons (Fsp3) is 0.0385. The number of benzene rings is 7. The van der Waals surface area contributed by atoms with Crippen molar-refractivity contribution in [2.24, 2.45) is 0 Å². The quantitative estimate of drug-likeness (QED) is 0.103. The van der Waals surface area contributed by atoms with Crippen LogP contribution >= 0.6 is 0 Å². The third kappa shape index (κ3) is 6.50. The molecule has 0 N–H and O–H groups in total. The van der Waals surface area contributed by atoms with Gasteiger partial charge in [-0.25, -0.2) is 0 Å². The van der Waals surface area contributed by atoms with E-state index in [-0.39, 0.29) is 0 Å². The Morgan fingerprint density at radius 3 is 1.92 bits per heavy atom. The van der Waals surface area contributed by atoms with Crippen molar-refractivity contribution in [1.82, 2.24) is 0 Å². The molecule has 0 saturated heterocycles. The summed E-state index contributed by atoms with van der Waals surface area (Å²) in [5.74, 6) is 0. The molecule has 1 aliphatic rings. The zero-order chi connectivity index (χ0) is 36.3. The number of allylic oxidation sites excluding steroid dienone is 7. The van der Waals surface area contributed by atoms with Gasteiger partial charge in [-0.05, 0) is 126 Å². The SMILES string of the molecule is C=C/C=C\C(=C)C(=C)/C(=C\C=C)N(c1cccc(C2=Cc3c(ccc4ccccc34)CC2)c1)c1cccc(-c2ccc3ccc4ccccc4c3c2)c1. The summed E-state index contributed by atoms with van der Waals surface area (Å²) in [4.78, 5) is 2.28. The van der Waals surface area contributed by atoms with E-state index in [2.05, 4.69) is 177 Å². The van der Waals surface area contributed by atoms with Crippen molar-refractivity contribution in [3.05, 3.63) is 230 Å². The highest BCUT2D eigenvalue weighted by atomic mass is 15.1. The summed E-state index contributed by atoms with van der Waals surface area (Å²) in [6.45, 7) is 16.9. The van der Waals surface area contributed by atoms with E-state index < -0.39 is 0 Å². The summed E-state index contributed by atoms with van der Waals surface area (Å²) in [6, 6.07) is 50.7. The molecule has 0 bridgehead atoms. The van der Waals surface area contributed by atoms with Crippen LogP contribution in [0.25, 0.3) is 55.1 Å². The van der Waals surface area contributed by atoms with Gasteiger partial charge in [-0.3, -0.25) is 0 Å². The normalized spacial score (nSPS) is 12.8. The van der Waals surface area contributed by atoms with Crippen LogP contribution in [0.1, 0.15) is 23.1 Å². The monoisotopic (exact) mass is 679 g/mol. The van der Waals surface area contributed by atoms with Crippen LogP contribution in [0.2, 0.25) is 0 Å². The second-order valence-corrected chi connectivity index (χ2v) is 13.6. The molecule has 7 aromatic rings. The molecule has 0 aromatic heterocycles. The molecule has 0 heterocycles. The van der Waals surface area contributed by atoms with Gasteiger partial charge in [0.2, 0.25) is 0 Å². The van der Waals surface area contributed by atoms with E-state index in [1.54, 1.807) is 6.08 Å². The van der Waals surface area contributed by atoms with Crippen LogP contribution in [0.5, 0.6) is 0 Å². The van der Waals surface area contributed by atoms with E-state index in [1.165, 1.54) is 54.6 Å². The van der Waals surface area contributed by atoms with Crippen molar-refractivity contribution >= 4 is 55.3 Å². The lowest BCUT2D eigenvalue weighted by molar-refractivity contribution is 1.00. The van der Waals surface area contributed by atoms with Gasteiger partial charge in [-0.1, -0.05) is 166 Å². The predicted octanol–water partition coefficient (Wildman–Crippen LogP) is 14.4. The van der Waals surface area contributed by atoms with E-state index in [1.807, 2.05) is 24.3 Å². The molecule has 0 spiro atoms. The van der Waals surface area contributed by atoms with E-state index in [0.717, 1.165) is 52.2 Å². The number of aryl methyl sites for hydroxylation is 1. The lowest BCUT2D eigenvalue weighted by atomic mass is 9.86. The van der Waals surface area contributed by atoms with Gasteiger partial charge < -0.3 is 4.90 Å². The molecule has 1 aliphatic carbocycles. The Kier molecular flexibility index (Phi) is 9.15. The number of nitrogens with zero attached hydrogens (tertiary/aromatic N) is 1. The van der Waals surface area contributed by atoms with Gasteiger partial charge in [0.15, 0.2) is 0 Å². The summed E-state index contributed by atoms with van der Waals surface area (Å²) in [5, 5.41) is 7.55. The Balaban J connectivity index is 1.27. The summed E-state index contributed by atoms with van der Waals surface area (Å²) >= 11 is 0. The summed E-state index contributed by atoms with van der Waals surface area (Å²) in [5.41, 5.74) is 12.1. The highest BCUT2D eigenvalue weighted by Crippen LogP contribution is 2.40.